The number of benzene rings is 2. The van der Waals surface area contributed by atoms with Crippen LogP contribution in [-0.2, 0) is 0 Å². The molecule has 0 radical (unpaired) electrons. The molecule has 0 atom stereocenters. The highest BCUT2D eigenvalue weighted by atomic mass is 35.5. The first-order valence-electron chi connectivity index (χ1n) is 10.5. The summed E-state index contributed by atoms with van der Waals surface area (Å²) in [7, 11) is 4.06. The molecule has 1 amide bonds. The molecule has 174 valence electrons. The van der Waals surface area contributed by atoms with Gasteiger partial charge >= 0.3 is 0 Å². The average molecular weight is 504 g/mol. The highest BCUT2D eigenvalue weighted by molar-refractivity contribution is 7.22. The van der Waals surface area contributed by atoms with Crippen LogP contribution in [0.4, 0.5) is 5.13 Å². The number of fused-ring (bicyclic) bond motifs is 1. The van der Waals surface area contributed by atoms with Crippen LogP contribution in [0.1, 0.15) is 28.0 Å². The first-order chi connectivity index (χ1) is 15.4. The van der Waals surface area contributed by atoms with Crippen molar-refractivity contribution in [3.63, 3.8) is 0 Å². The van der Waals surface area contributed by atoms with E-state index in [9.17, 15) is 4.79 Å². The number of amides is 1. The minimum atomic E-state index is -0.0914. The number of hydrogen-bond acceptors (Lipinski definition) is 5. The third-order valence-corrected chi connectivity index (χ3v) is 6.89. The molecule has 2 heterocycles. The third-order valence-electron chi connectivity index (χ3n) is 5.44. The lowest BCUT2D eigenvalue weighted by Gasteiger charge is -2.21. The number of halogens is 2. The van der Waals surface area contributed by atoms with E-state index in [0.717, 1.165) is 40.1 Å². The van der Waals surface area contributed by atoms with E-state index in [1.54, 1.807) is 15.8 Å². The van der Waals surface area contributed by atoms with Crippen molar-refractivity contribution in [2.45, 2.75) is 20.3 Å². The van der Waals surface area contributed by atoms with E-state index in [4.69, 9.17) is 16.6 Å². The monoisotopic (exact) mass is 503 g/mol. The number of thiazole rings is 1. The molecule has 6 nitrogen and oxygen atoms in total. The van der Waals surface area contributed by atoms with Gasteiger partial charge in [0.05, 0.1) is 33.4 Å². The van der Waals surface area contributed by atoms with Crippen molar-refractivity contribution in [1.29, 1.82) is 0 Å². The van der Waals surface area contributed by atoms with Crippen molar-refractivity contribution in [2.75, 3.05) is 32.1 Å². The number of carbonyl (C=O) groups is 1. The Hall–Kier alpha value is -2.45. The van der Waals surface area contributed by atoms with E-state index in [-0.39, 0.29) is 18.3 Å². The van der Waals surface area contributed by atoms with Crippen LogP contribution in [0.3, 0.4) is 0 Å². The number of anilines is 1. The molecule has 0 aliphatic carbocycles. The number of aryl methyl sites for hydroxylation is 1. The molecule has 2 aromatic heterocycles. The van der Waals surface area contributed by atoms with Crippen LogP contribution in [0.2, 0.25) is 5.02 Å². The number of rotatable bonds is 7. The summed E-state index contributed by atoms with van der Waals surface area (Å²) < 4.78 is 2.82. The van der Waals surface area contributed by atoms with Crippen LogP contribution >= 0.6 is 35.3 Å². The summed E-state index contributed by atoms with van der Waals surface area (Å²) in [6.45, 7) is 5.33. The second kappa shape index (κ2) is 10.7. The summed E-state index contributed by atoms with van der Waals surface area (Å²) in [5.41, 5.74) is 4.08. The maximum atomic E-state index is 13.7. The Morgan fingerprint density at radius 2 is 1.82 bits per heavy atom. The summed E-state index contributed by atoms with van der Waals surface area (Å²) in [6.07, 6.45) is 2.49. The molecule has 0 bridgehead atoms. The van der Waals surface area contributed by atoms with Gasteiger partial charge in [0.25, 0.3) is 5.91 Å². The van der Waals surface area contributed by atoms with Gasteiger partial charge in [-0.15, -0.1) is 12.4 Å². The largest absolute Gasteiger partial charge is 0.309 e. The maximum Gasteiger partial charge on any atom is 0.263 e. The first kappa shape index (κ1) is 25.2. The number of nitrogens with zero attached hydrogens (tertiary/aromatic N) is 5. The smallest absolute Gasteiger partial charge is 0.263 e. The van der Waals surface area contributed by atoms with Crippen LogP contribution in [-0.4, -0.2) is 52.8 Å². The molecule has 0 aliphatic heterocycles. The normalized spacial score (nSPS) is 11.1. The molecule has 4 rings (SSSR count). The Morgan fingerprint density at radius 1 is 1.09 bits per heavy atom. The van der Waals surface area contributed by atoms with E-state index >= 15 is 0 Å². The Balaban J connectivity index is 0.00000306. The number of para-hydroxylation sites is 1. The molecule has 0 saturated heterocycles. The summed E-state index contributed by atoms with van der Waals surface area (Å²) in [5.74, 6) is -0.0914. The van der Waals surface area contributed by atoms with Gasteiger partial charge in [-0.3, -0.25) is 9.69 Å². The topological polar surface area (TPSA) is 54.3 Å². The van der Waals surface area contributed by atoms with Gasteiger partial charge in [0.2, 0.25) is 0 Å². The number of hydrogen-bond donors (Lipinski definition) is 0. The van der Waals surface area contributed by atoms with Gasteiger partial charge in [0, 0.05) is 11.6 Å². The Bertz CT molecular complexity index is 1250. The molecule has 33 heavy (non-hydrogen) atoms. The van der Waals surface area contributed by atoms with Gasteiger partial charge in [0.15, 0.2) is 5.13 Å². The van der Waals surface area contributed by atoms with E-state index in [1.807, 2.05) is 70.4 Å². The Kier molecular flexibility index (Phi) is 8.13. The van der Waals surface area contributed by atoms with Crippen molar-refractivity contribution in [2.24, 2.45) is 0 Å². The predicted octanol–water partition coefficient (Wildman–Crippen LogP) is 5.77. The Morgan fingerprint density at radius 3 is 2.52 bits per heavy atom. The second-order valence-electron chi connectivity index (χ2n) is 8.02. The average Bonchev–Trinajstić information content (AvgIpc) is 3.38. The summed E-state index contributed by atoms with van der Waals surface area (Å²) >= 11 is 7.82. The second-order valence-corrected chi connectivity index (χ2v) is 9.44. The lowest BCUT2D eigenvalue weighted by atomic mass is 10.2. The quantitative estimate of drug-likeness (QED) is 0.321. The highest BCUT2D eigenvalue weighted by Crippen LogP contribution is 2.34. The van der Waals surface area contributed by atoms with Crippen molar-refractivity contribution < 1.29 is 4.79 Å². The van der Waals surface area contributed by atoms with Gasteiger partial charge in [-0.25, -0.2) is 9.67 Å². The van der Waals surface area contributed by atoms with Crippen LogP contribution < -0.4 is 4.90 Å². The van der Waals surface area contributed by atoms with Crippen molar-refractivity contribution >= 4 is 56.6 Å². The fourth-order valence-electron chi connectivity index (χ4n) is 3.63. The summed E-state index contributed by atoms with van der Waals surface area (Å²) in [5, 5.41) is 5.85. The van der Waals surface area contributed by atoms with E-state index in [0.29, 0.717) is 22.3 Å². The van der Waals surface area contributed by atoms with Crippen LogP contribution in [0, 0.1) is 13.8 Å². The predicted molar refractivity (Wildman–Crippen MR) is 140 cm³/mol. The fraction of sp³-hybridized carbons (Fsp3) is 0.292. The zero-order chi connectivity index (χ0) is 22.8. The number of carbonyl (C=O) groups excluding carboxylic acids is 1. The SMILES string of the molecule is Cc1c(Cl)ccc2sc(N(CCCN(C)C)C(=O)c3cnn(-c4ccccc4)c3C)nc12.Cl. The van der Waals surface area contributed by atoms with Crippen molar-refractivity contribution in [3.8, 4) is 5.69 Å². The molecular formula is C24H27Cl2N5OS. The standard InChI is InChI=1S/C24H26ClN5OS.ClH/c1-16-20(25)11-12-21-22(16)27-24(32-21)29(14-8-13-28(3)4)23(31)19-15-26-30(17(19)2)18-9-6-5-7-10-18;/h5-7,9-12,15H,8,13-14H2,1-4H3;1H. The van der Waals surface area contributed by atoms with Crippen molar-refractivity contribution in [1.82, 2.24) is 19.7 Å². The zero-order valence-corrected chi connectivity index (χ0v) is 21.5. The first-order valence-corrected chi connectivity index (χ1v) is 11.7. The van der Waals surface area contributed by atoms with Gasteiger partial charge < -0.3 is 4.90 Å². The maximum absolute atomic E-state index is 13.7. The van der Waals surface area contributed by atoms with Gasteiger partial charge in [0.1, 0.15) is 0 Å². The van der Waals surface area contributed by atoms with Gasteiger partial charge in [-0.2, -0.15) is 5.10 Å². The van der Waals surface area contributed by atoms with Crippen LogP contribution in [0.25, 0.3) is 15.9 Å². The minimum Gasteiger partial charge on any atom is -0.309 e. The van der Waals surface area contributed by atoms with Gasteiger partial charge in [-0.05, 0) is 70.7 Å². The molecule has 0 N–H and O–H groups in total. The Labute approximate surface area is 209 Å². The third kappa shape index (κ3) is 5.22. The molecule has 0 fully saturated rings. The van der Waals surface area contributed by atoms with E-state index in [1.165, 1.54) is 11.3 Å². The molecule has 0 saturated carbocycles. The summed E-state index contributed by atoms with van der Waals surface area (Å²) in [6, 6.07) is 13.7. The molecule has 0 aliphatic rings. The fourth-order valence-corrected chi connectivity index (χ4v) is 4.83. The van der Waals surface area contributed by atoms with Crippen molar-refractivity contribution in [3.05, 3.63) is 70.5 Å². The molecule has 2 aromatic carbocycles. The van der Waals surface area contributed by atoms with E-state index in [2.05, 4.69) is 10.00 Å². The lowest BCUT2D eigenvalue weighted by Crippen LogP contribution is -2.33. The van der Waals surface area contributed by atoms with Crippen LogP contribution in [0.15, 0.2) is 48.7 Å². The zero-order valence-electron chi connectivity index (χ0n) is 19.1. The molecule has 0 spiro atoms. The van der Waals surface area contributed by atoms with E-state index < -0.39 is 0 Å². The highest BCUT2D eigenvalue weighted by Gasteiger charge is 2.25. The molecule has 4 aromatic rings. The van der Waals surface area contributed by atoms with Crippen LogP contribution in [0.5, 0.6) is 0 Å². The number of aromatic nitrogens is 3. The molecule has 9 heteroatoms. The molecule has 0 unspecified atom stereocenters. The van der Waals surface area contributed by atoms with Gasteiger partial charge in [-0.1, -0.05) is 41.1 Å². The minimum absolute atomic E-state index is 0. The summed E-state index contributed by atoms with van der Waals surface area (Å²) in [4.78, 5) is 22.4. The molecular weight excluding hydrogens is 477 g/mol. The lowest BCUT2D eigenvalue weighted by molar-refractivity contribution is 0.0985.